The number of nitrogens with one attached hydrogen (secondary N) is 1. The van der Waals surface area contributed by atoms with E-state index in [-0.39, 0.29) is 12.5 Å². The Labute approximate surface area is 126 Å². The summed E-state index contributed by atoms with van der Waals surface area (Å²) in [5.41, 5.74) is 7.38. The number of hydrogen-bond acceptors (Lipinski definition) is 5. The number of ether oxygens (including phenoxy) is 1. The number of rotatable bonds is 4. The van der Waals surface area contributed by atoms with Crippen molar-refractivity contribution in [3.8, 4) is 11.5 Å². The molecular weight excluding hydrogens is 282 g/mol. The van der Waals surface area contributed by atoms with Crippen LogP contribution in [-0.4, -0.2) is 17.6 Å². The molecule has 0 fully saturated rings. The fourth-order valence-electron chi connectivity index (χ4n) is 2.14. The maximum Gasteiger partial charge on any atom is 0.238 e. The minimum absolute atomic E-state index is 0.0486. The zero-order valence-electron chi connectivity index (χ0n) is 12.0. The van der Waals surface area contributed by atoms with E-state index in [1.807, 2.05) is 25.1 Å². The predicted octanol–water partition coefficient (Wildman–Crippen LogP) is 2.83. The highest BCUT2D eigenvalue weighted by atomic mass is 16.5. The second-order valence-corrected chi connectivity index (χ2v) is 4.78. The molecular formula is C16H15N3O3. The zero-order valence-corrected chi connectivity index (χ0v) is 12.0. The van der Waals surface area contributed by atoms with E-state index in [1.54, 1.807) is 24.3 Å². The Kier molecular flexibility index (Phi) is 3.76. The summed E-state index contributed by atoms with van der Waals surface area (Å²) in [7, 11) is 0. The van der Waals surface area contributed by atoms with Crippen LogP contribution in [0.25, 0.3) is 11.0 Å². The molecule has 1 heterocycles. The van der Waals surface area contributed by atoms with Crippen LogP contribution in [0.2, 0.25) is 0 Å². The Morgan fingerprint density at radius 1 is 1.27 bits per heavy atom. The summed E-state index contributed by atoms with van der Waals surface area (Å²) >= 11 is 0. The lowest BCUT2D eigenvalue weighted by atomic mass is 10.2. The summed E-state index contributed by atoms with van der Waals surface area (Å²) in [6, 6.07) is 12.6. The molecule has 6 heteroatoms. The van der Waals surface area contributed by atoms with Gasteiger partial charge in [-0.05, 0) is 43.3 Å². The van der Waals surface area contributed by atoms with Gasteiger partial charge in [0.05, 0.1) is 17.6 Å². The highest BCUT2D eigenvalue weighted by molar-refractivity contribution is 5.92. The van der Waals surface area contributed by atoms with Gasteiger partial charge in [-0.1, -0.05) is 11.2 Å². The van der Waals surface area contributed by atoms with Crippen LogP contribution in [0.15, 0.2) is 47.0 Å². The van der Waals surface area contributed by atoms with E-state index in [9.17, 15) is 4.79 Å². The quantitative estimate of drug-likeness (QED) is 0.772. The maximum atomic E-state index is 11.2. The van der Waals surface area contributed by atoms with Crippen molar-refractivity contribution in [1.29, 1.82) is 0 Å². The molecule has 0 bridgehead atoms. The van der Waals surface area contributed by atoms with Crippen molar-refractivity contribution in [1.82, 2.24) is 5.16 Å². The van der Waals surface area contributed by atoms with E-state index in [0.29, 0.717) is 22.8 Å². The summed E-state index contributed by atoms with van der Waals surface area (Å²) in [6.07, 6.45) is 0. The number of aromatic nitrogens is 1. The maximum absolute atomic E-state index is 11.2. The number of amides is 1. The number of hydrogen-bond donors (Lipinski definition) is 2. The SMILES string of the molecule is Cc1noc2cccc(Oc3ccc(NC(=O)CN)cc3)c12. The van der Waals surface area contributed by atoms with Gasteiger partial charge < -0.3 is 20.3 Å². The van der Waals surface area contributed by atoms with Crippen molar-refractivity contribution in [2.45, 2.75) is 6.92 Å². The first-order chi connectivity index (χ1) is 10.7. The second kappa shape index (κ2) is 5.87. The van der Waals surface area contributed by atoms with Crippen LogP contribution in [0.1, 0.15) is 5.69 Å². The Bertz CT molecular complexity index is 809. The van der Waals surface area contributed by atoms with Crippen molar-refractivity contribution in [2.75, 3.05) is 11.9 Å². The van der Waals surface area contributed by atoms with E-state index in [0.717, 1.165) is 11.1 Å². The van der Waals surface area contributed by atoms with Crippen LogP contribution >= 0.6 is 0 Å². The molecule has 0 aliphatic rings. The van der Waals surface area contributed by atoms with Crippen LogP contribution < -0.4 is 15.8 Å². The summed E-state index contributed by atoms with van der Waals surface area (Å²) in [4.78, 5) is 11.2. The number of anilines is 1. The van der Waals surface area contributed by atoms with E-state index in [2.05, 4.69) is 10.5 Å². The minimum Gasteiger partial charge on any atom is -0.457 e. The molecule has 22 heavy (non-hydrogen) atoms. The van der Waals surface area contributed by atoms with Crippen LogP contribution in [0.5, 0.6) is 11.5 Å². The van der Waals surface area contributed by atoms with E-state index < -0.39 is 0 Å². The zero-order chi connectivity index (χ0) is 15.5. The largest absolute Gasteiger partial charge is 0.457 e. The lowest BCUT2D eigenvalue weighted by Gasteiger charge is -2.08. The highest BCUT2D eigenvalue weighted by Crippen LogP contribution is 2.32. The number of aryl methyl sites for hydroxylation is 1. The van der Waals surface area contributed by atoms with Gasteiger partial charge in [0.2, 0.25) is 5.91 Å². The molecule has 0 radical (unpaired) electrons. The fourth-order valence-corrected chi connectivity index (χ4v) is 2.14. The third-order valence-electron chi connectivity index (χ3n) is 3.18. The minimum atomic E-state index is -0.237. The fraction of sp³-hybridized carbons (Fsp3) is 0.125. The second-order valence-electron chi connectivity index (χ2n) is 4.78. The molecule has 3 rings (SSSR count). The van der Waals surface area contributed by atoms with Gasteiger partial charge in [-0.15, -0.1) is 0 Å². The topological polar surface area (TPSA) is 90.4 Å². The van der Waals surface area contributed by atoms with Gasteiger partial charge in [0.15, 0.2) is 5.58 Å². The smallest absolute Gasteiger partial charge is 0.238 e. The standard InChI is InChI=1S/C16H15N3O3/c1-10-16-13(3-2-4-14(16)22-19-10)21-12-7-5-11(6-8-12)18-15(20)9-17/h2-8H,9,17H2,1H3,(H,18,20). The van der Waals surface area contributed by atoms with Gasteiger partial charge in [-0.3, -0.25) is 4.79 Å². The number of nitrogens with two attached hydrogens (primary N) is 1. The van der Waals surface area contributed by atoms with Crippen molar-refractivity contribution < 1.29 is 14.1 Å². The first kappa shape index (κ1) is 14.1. The van der Waals surface area contributed by atoms with E-state index >= 15 is 0 Å². The molecule has 1 amide bonds. The van der Waals surface area contributed by atoms with Crippen molar-refractivity contribution >= 4 is 22.6 Å². The van der Waals surface area contributed by atoms with Crippen LogP contribution in [0.3, 0.4) is 0 Å². The molecule has 1 aromatic heterocycles. The van der Waals surface area contributed by atoms with Gasteiger partial charge in [0.1, 0.15) is 11.5 Å². The van der Waals surface area contributed by atoms with Gasteiger partial charge in [-0.2, -0.15) is 0 Å². The average Bonchev–Trinajstić information content (AvgIpc) is 2.92. The van der Waals surface area contributed by atoms with E-state index in [1.165, 1.54) is 0 Å². The molecule has 6 nitrogen and oxygen atoms in total. The summed E-state index contributed by atoms with van der Waals surface area (Å²) < 4.78 is 11.1. The lowest BCUT2D eigenvalue weighted by molar-refractivity contribution is -0.114. The molecule has 0 atom stereocenters. The first-order valence-electron chi connectivity index (χ1n) is 6.80. The molecule has 3 N–H and O–H groups in total. The normalized spacial score (nSPS) is 10.6. The monoisotopic (exact) mass is 297 g/mol. The van der Waals surface area contributed by atoms with Gasteiger partial charge >= 0.3 is 0 Å². The summed E-state index contributed by atoms with van der Waals surface area (Å²) in [6.45, 7) is 1.82. The molecule has 0 saturated carbocycles. The molecule has 0 aliphatic heterocycles. The molecule has 0 spiro atoms. The molecule has 0 unspecified atom stereocenters. The molecule has 3 aromatic rings. The first-order valence-corrected chi connectivity index (χ1v) is 6.80. The number of carbonyl (C=O) groups excluding carboxylic acids is 1. The summed E-state index contributed by atoms with van der Waals surface area (Å²) in [5, 5.41) is 7.46. The molecule has 0 aliphatic carbocycles. The Morgan fingerprint density at radius 2 is 2.05 bits per heavy atom. The van der Waals surface area contributed by atoms with E-state index in [4.69, 9.17) is 15.0 Å². The van der Waals surface area contributed by atoms with Crippen molar-refractivity contribution in [3.63, 3.8) is 0 Å². The summed E-state index contributed by atoms with van der Waals surface area (Å²) in [5.74, 6) is 1.09. The predicted molar refractivity (Wildman–Crippen MR) is 82.9 cm³/mol. The van der Waals surface area contributed by atoms with Crippen LogP contribution in [0.4, 0.5) is 5.69 Å². The molecule has 2 aromatic carbocycles. The third kappa shape index (κ3) is 2.77. The van der Waals surface area contributed by atoms with Gasteiger partial charge in [0, 0.05) is 5.69 Å². The molecule has 112 valence electrons. The van der Waals surface area contributed by atoms with Crippen LogP contribution in [0, 0.1) is 6.92 Å². The van der Waals surface area contributed by atoms with Crippen molar-refractivity contribution in [2.24, 2.45) is 5.73 Å². The Morgan fingerprint density at radius 3 is 2.77 bits per heavy atom. The number of fused-ring (bicyclic) bond motifs is 1. The third-order valence-corrected chi connectivity index (χ3v) is 3.18. The van der Waals surface area contributed by atoms with Crippen LogP contribution in [-0.2, 0) is 4.79 Å². The number of carbonyl (C=O) groups is 1. The van der Waals surface area contributed by atoms with Crippen molar-refractivity contribution in [3.05, 3.63) is 48.2 Å². The van der Waals surface area contributed by atoms with Gasteiger partial charge in [-0.25, -0.2) is 0 Å². The average molecular weight is 297 g/mol. The number of benzene rings is 2. The Balaban J connectivity index is 1.83. The number of nitrogens with zero attached hydrogens (tertiary/aromatic N) is 1. The van der Waals surface area contributed by atoms with Gasteiger partial charge in [0.25, 0.3) is 0 Å². The molecule has 0 saturated heterocycles. The lowest BCUT2D eigenvalue weighted by Crippen LogP contribution is -2.21. The highest BCUT2D eigenvalue weighted by Gasteiger charge is 2.11. The Hall–Kier alpha value is -2.86.